The van der Waals surface area contributed by atoms with Gasteiger partial charge in [-0.15, -0.1) is 0 Å². The van der Waals surface area contributed by atoms with Crippen molar-refractivity contribution in [3.8, 4) is 5.75 Å². The van der Waals surface area contributed by atoms with Crippen LogP contribution in [0.2, 0.25) is 0 Å². The number of pyridine rings is 1. The average molecular weight is 325 g/mol. The molecule has 1 heterocycles. The Balaban J connectivity index is 0.000000224. The van der Waals surface area contributed by atoms with Gasteiger partial charge >= 0.3 is 0 Å². The summed E-state index contributed by atoms with van der Waals surface area (Å²) in [6, 6.07) is 5.75. The minimum absolute atomic E-state index is 0.227. The predicted octanol–water partition coefficient (Wildman–Crippen LogP) is 1.25. The Kier molecular flexibility index (Phi) is 5.90. The molecule has 1 aromatic carbocycles. The first kappa shape index (κ1) is 17.9. The second-order valence-electron chi connectivity index (χ2n) is 4.84. The molecule has 0 aliphatic rings. The highest BCUT2D eigenvalue weighted by molar-refractivity contribution is 7.85. The number of nitrogens with zero attached hydrogens (tertiary/aromatic N) is 1. The number of aryl methyl sites for hydroxylation is 3. The van der Waals surface area contributed by atoms with Gasteiger partial charge < -0.3 is 9.66 Å². The number of aromatic nitrogens is 1. The van der Waals surface area contributed by atoms with Crippen molar-refractivity contribution in [1.82, 2.24) is 0 Å². The van der Waals surface area contributed by atoms with Gasteiger partial charge in [-0.3, -0.25) is 4.84 Å². The van der Waals surface area contributed by atoms with Crippen LogP contribution in [0.4, 0.5) is 0 Å². The smallest absolute Gasteiger partial charge is 0.225 e. The fourth-order valence-electron chi connectivity index (χ4n) is 1.84. The van der Waals surface area contributed by atoms with E-state index in [2.05, 4.69) is 6.07 Å². The maximum atomic E-state index is 10.5. The Hall–Kier alpha value is -2.12. The van der Waals surface area contributed by atoms with Crippen LogP contribution >= 0.6 is 0 Å². The zero-order valence-electron chi connectivity index (χ0n) is 12.9. The van der Waals surface area contributed by atoms with E-state index in [1.165, 1.54) is 30.2 Å². The van der Waals surface area contributed by atoms with E-state index in [1.807, 2.05) is 26.2 Å². The Labute approximate surface area is 130 Å². The third kappa shape index (κ3) is 5.34. The molecule has 0 saturated carbocycles. The molecule has 7 heteroatoms. The van der Waals surface area contributed by atoms with Gasteiger partial charge in [-0.2, -0.15) is 0 Å². The van der Waals surface area contributed by atoms with Crippen LogP contribution in [0.3, 0.4) is 0 Å². The monoisotopic (exact) mass is 325 g/mol. The molecular formula is C15H19NO5S. The van der Waals surface area contributed by atoms with Crippen LogP contribution in [0, 0.1) is 20.8 Å². The molecule has 1 N–H and O–H groups in total. The normalized spacial score (nSPS) is 10.6. The number of benzene rings is 1. The molecule has 0 spiro atoms. The molecular weight excluding hydrogens is 306 g/mol. The average Bonchev–Trinajstić information content (AvgIpc) is 2.40. The molecule has 0 unspecified atom stereocenters. The first-order valence-corrected chi connectivity index (χ1v) is 7.84. The molecule has 0 atom stereocenters. The second-order valence-corrected chi connectivity index (χ2v) is 6.19. The lowest BCUT2D eigenvalue weighted by Gasteiger charge is -2.09. The molecule has 0 radical (unpaired) electrons. The van der Waals surface area contributed by atoms with Gasteiger partial charge in [0.15, 0.2) is 0 Å². The third-order valence-electron chi connectivity index (χ3n) is 2.77. The van der Waals surface area contributed by atoms with Crippen molar-refractivity contribution in [2.24, 2.45) is 0 Å². The Bertz CT molecular complexity index is 736. The summed E-state index contributed by atoms with van der Waals surface area (Å²) < 4.78 is 33.3. The zero-order valence-corrected chi connectivity index (χ0v) is 13.7. The van der Waals surface area contributed by atoms with Crippen LogP contribution in [0.15, 0.2) is 41.6 Å². The van der Waals surface area contributed by atoms with E-state index in [0.717, 1.165) is 6.07 Å². The summed E-state index contributed by atoms with van der Waals surface area (Å²) in [5.74, 6) is -0.227. The van der Waals surface area contributed by atoms with Crippen LogP contribution in [-0.4, -0.2) is 25.2 Å². The minimum Gasteiger partial charge on any atom is -0.744 e. The van der Waals surface area contributed by atoms with Gasteiger partial charge in [0, 0.05) is 15.9 Å². The lowest BCUT2D eigenvalue weighted by molar-refractivity contribution is -0.886. The fourth-order valence-corrected chi connectivity index (χ4v) is 2.56. The van der Waals surface area contributed by atoms with Crippen molar-refractivity contribution < 1.29 is 27.6 Å². The molecule has 2 aromatic rings. The number of hydrogen-bond donors (Lipinski definition) is 1. The molecule has 0 aliphatic carbocycles. The Morgan fingerprint density at radius 3 is 2.05 bits per heavy atom. The van der Waals surface area contributed by atoms with Gasteiger partial charge in [-0.05, 0) is 44.5 Å². The lowest BCUT2D eigenvalue weighted by Crippen LogP contribution is -2.40. The van der Waals surface area contributed by atoms with E-state index < -0.39 is 10.1 Å². The molecule has 2 rings (SSSR count). The maximum absolute atomic E-state index is 10.5. The molecule has 0 amide bonds. The standard InChI is InChI=1S/C8H12NO.C7H8O4S/c1-7-4-8(2)6-9(5-7)10-3;1-5-2-3-6(8)4-7(5)12(9,10)11/h4-6H,1-3H3;2-4,8H,1H3,(H,9,10,11)/q+1;/p-1. The van der Waals surface area contributed by atoms with E-state index in [1.54, 1.807) is 11.8 Å². The van der Waals surface area contributed by atoms with E-state index in [4.69, 9.17) is 9.94 Å². The highest BCUT2D eigenvalue weighted by atomic mass is 32.2. The highest BCUT2D eigenvalue weighted by Crippen LogP contribution is 2.19. The lowest BCUT2D eigenvalue weighted by atomic mass is 10.2. The predicted molar refractivity (Wildman–Crippen MR) is 79.4 cm³/mol. The summed E-state index contributed by atoms with van der Waals surface area (Å²) in [5.41, 5.74) is 2.76. The fraction of sp³-hybridized carbons (Fsp3) is 0.267. The summed E-state index contributed by atoms with van der Waals surface area (Å²) in [4.78, 5) is 4.62. The molecule has 22 heavy (non-hydrogen) atoms. The zero-order chi connectivity index (χ0) is 16.9. The summed E-state index contributed by atoms with van der Waals surface area (Å²) in [6.07, 6.45) is 3.88. The number of aromatic hydroxyl groups is 1. The van der Waals surface area contributed by atoms with Crippen LogP contribution in [0.5, 0.6) is 5.75 Å². The summed E-state index contributed by atoms with van der Waals surface area (Å²) in [5, 5.41) is 8.90. The van der Waals surface area contributed by atoms with Crippen LogP contribution in [0.25, 0.3) is 0 Å². The third-order valence-corrected chi connectivity index (χ3v) is 3.75. The van der Waals surface area contributed by atoms with Crippen LogP contribution in [0.1, 0.15) is 16.7 Å². The van der Waals surface area contributed by atoms with Crippen molar-refractivity contribution in [1.29, 1.82) is 0 Å². The first-order valence-electron chi connectivity index (χ1n) is 6.43. The van der Waals surface area contributed by atoms with Gasteiger partial charge in [0.2, 0.25) is 12.4 Å². The number of rotatable bonds is 2. The van der Waals surface area contributed by atoms with Crippen molar-refractivity contribution in [2.45, 2.75) is 25.7 Å². The van der Waals surface area contributed by atoms with Gasteiger partial charge in [0.25, 0.3) is 0 Å². The molecule has 0 aliphatic heterocycles. The second kappa shape index (κ2) is 7.24. The number of phenolic OH excluding ortho intramolecular Hbond substituents is 1. The number of phenols is 1. The van der Waals surface area contributed by atoms with E-state index in [0.29, 0.717) is 5.56 Å². The molecule has 6 nitrogen and oxygen atoms in total. The SMILES string of the molecule is CO[n+]1cc(C)cc(C)c1.Cc1ccc(O)cc1S(=O)(=O)[O-]. The quantitative estimate of drug-likeness (QED) is 0.663. The van der Waals surface area contributed by atoms with Gasteiger partial charge in [0.05, 0.1) is 4.90 Å². The van der Waals surface area contributed by atoms with E-state index in [9.17, 15) is 13.0 Å². The molecule has 1 aromatic heterocycles. The topological polar surface area (TPSA) is 90.5 Å². The molecule has 120 valence electrons. The van der Waals surface area contributed by atoms with Gasteiger partial charge in [-0.25, -0.2) is 8.42 Å². The maximum Gasteiger partial charge on any atom is 0.225 e. The van der Waals surface area contributed by atoms with Crippen molar-refractivity contribution in [3.05, 3.63) is 53.3 Å². The highest BCUT2D eigenvalue weighted by Gasteiger charge is 2.05. The largest absolute Gasteiger partial charge is 0.744 e. The summed E-state index contributed by atoms with van der Waals surface area (Å²) >= 11 is 0. The number of hydrogen-bond acceptors (Lipinski definition) is 5. The van der Waals surface area contributed by atoms with Gasteiger partial charge in [0.1, 0.15) is 23.0 Å². The van der Waals surface area contributed by atoms with Crippen LogP contribution < -0.4 is 9.57 Å². The van der Waals surface area contributed by atoms with E-state index >= 15 is 0 Å². The minimum atomic E-state index is -4.47. The Morgan fingerprint density at radius 2 is 1.64 bits per heavy atom. The van der Waals surface area contributed by atoms with Crippen molar-refractivity contribution in [2.75, 3.05) is 7.11 Å². The van der Waals surface area contributed by atoms with Crippen molar-refractivity contribution >= 4 is 10.1 Å². The van der Waals surface area contributed by atoms with Crippen LogP contribution in [-0.2, 0) is 10.1 Å². The first-order chi connectivity index (χ1) is 10.1. The van der Waals surface area contributed by atoms with Gasteiger partial charge in [-0.1, -0.05) is 6.07 Å². The molecule has 0 fully saturated rings. The molecule has 0 bridgehead atoms. The van der Waals surface area contributed by atoms with Crippen molar-refractivity contribution in [3.63, 3.8) is 0 Å². The van der Waals surface area contributed by atoms with E-state index in [-0.39, 0.29) is 10.6 Å². The summed E-state index contributed by atoms with van der Waals surface area (Å²) in [6.45, 7) is 5.58. The summed E-state index contributed by atoms with van der Waals surface area (Å²) in [7, 11) is -2.81. The molecule has 0 saturated heterocycles. The Morgan fingerprint density at radius 1 is 1.09 bits per heavy atom.